The van der Waals surface area contributed by atoms with E-state index < -0.39 is 0 Å². The Morgan fingerprint density at radius 2 is 1.85 bits per heavy atom. The SMILES string of the molecule is Cc1cc(NC(=O)C(C)N2CCN(C(=O)c3ccc(F)cc3)CC2)no1. The molecule has 1 atom stereocenters. The van der Waals surface area contributed by atoms with Crippen LogP contribution in [0.2, 0.25) is 0 Å². The molecule has 26 heavy (non-hydrogen) atoms. The molecule has 0 aliphatic carbocycles. The van der Waals surface area contributed by atoms with Gasteiger partial charge in [-0.2, -0.15) is 0 Å². The second-order valence-corrected chi connectivity index (χ2v) is 6.32. The molecule has 1 aromatic heterocycles. The Morgan fingerprint density at radius 3 is 2.42 bits per heavy atom. The predicted octanol–water partition coefficient (Wildman–Crippen LogP) is 1.91. The van der Waals surface area contributed by atoms with Gasteiger partial charge in [-0.25, -0.2) is 4.39 Å². The number of hydrogen-bond donors (Lipinski definition) is 1. The van der Waals surface area contributed by atoms with Crippen LogP contribution in [0.5, 0.6) is 0 Å². The molecule has 0 bridgehead atoms. The zero-order chi connectivity index (χ0) is 18.7. The fourth-order valence-electron chi connectivity index (χ4n) is 2.91. The van der Waals surface area contributed by atoms with Gasteiger partial charge in [0.1, 0.15) is 11.6 Å². The van der Waals surface area contributed by atoms with Crippen LogP contribution in [0, 0.1) is 12.7 Å². The molecule has 0 saturated carbocycles. The molecule has 7 nitrogen and oxygen atoms in total. The van der Waals surface area contributed by atoms with Crippen LogP contribution >= 0.6 is 0 Å². The quantitative estimate of drug-likeness (QED) is 0.901. The van der Waals surface area contributed by atoms with Crippen LogP contribution in [0.25, 0.3) is 0 Å². The molecule has 3 rings (SSSR count). The maximum absolute atomic E-state index is 13.0. The zero-order valence-electron chi connectivity index (χ0n) is 14.7. The number of benzene rings is 1. The maximum Gasteiger partial charge on any atom is 0.253 e. The van der Waals surface area contributed by atoms with Gasteiger partial charge in [0.25, 0.3) is 5.91 Å². The topological polar surface area (TPSA) is 78.7 Å². The molecule has 1 aliphatic heterocycles. The van der Waals surface area contributed by atoms with Crippen LogP contribution in [-0.4, -0.2) is 59.0 Å². The molecule has 138 valence electrons. The number of nitrogens with one attached hydrogen (secondary N) is 1. The van der Waals surface area contributed by atoms with Crippen molar-refractivity contribution < 1.29 is 18.5 Å². The van der Waals surface area contributed by atoms with E-state index >= 15 is 0 Å². The van der Waals surface area contributed by atoms with Crippen molar-refractivity contribution in [1.82, 2.24) is 15.0 Å². The largest absolute Gasteiger partial charge is 0.360 e. The zero-order valence-corrected chi connectivity index (χ0v) is 14.7. The summed E-state index contributed by atoms with van der Waals surface area (Å²) in [7, 11) is 0. The van der Waals surface area contributed by atoms with Crippen molar-refractivity contribution in [2.45, 2.75) is 19.9 Å². The first-order chi connectivity index (χ1) is 12.4. The average molecular weight is 360 g/mol. The lowest BCUT2D eigenvalue weighted by molar-refractivity contribution is -0.121. The van der Waals surface area contributed by atoms with E-state index in [-0.39, 0.29) is 23.7 Å². The monoisotopic (exact) mass is 360 g/mol. The number of hydrogen-bond acceptors (Lipinski definition) is 5. The summed E-state index contributed by atoms with van der Waals surface area (Å²) in [6, 6.07) is 6.84. The van der Waals surface area contributed by atoms with Crippen molar-refractivity contribution in [1.29, 1.82) is 0 Å². The Bertz CT molecular complexity index is 782. The lowest BCUT2D eigenvalue weighted by atomic mass is 10.1. The number of carbonyl (C=O) groups excluding carboxylic acids is 2. The van der Waals surface area contributed by atoms with E-state index in [1.54, 1.807) is 17.9 Å². The summed E-state index contributed by atoms with van der Waals surface area (Å²) in [4.78, 5) is 28.5. The van der Waals surface area contributed by atoms with Crippen LogP contribution in [0.3, 0.4) is 0 Å². The Balaban J connectivity index is 1.53. The lowest BCUT2D eigenvalue weighted by Crippen LogP contribution is -2.54. The van der Waals surface area contributed by atoms with Gasteiger partial charge in [0, 0.05) is 37.8 Å². The van der Waals surface area contributed by atoms with Gasteiger partial charge in [0.05, 0.1) is 6.04 Å². The third-order valence-corrected chi connectivity index (χ3v) is 4.50. The van der Waals surface area contributed by atoms with Crippen molar-refractivity contribution in [3.8, 4) is 0 Å². The minimum absolute atomic E-state index is 0.125. The highest BCUT2D eigenvalue weighted by Gasteiger charge is 2.28. The van der Waals surface area contributed by atoms with Crippen LogP contribution in [0.1, 0.15) is 23.0 Å². The van der Waals surface area contributed by atoms with Crippen molar-refractivity contribution in [2.24, 2.45) is 0 Å². The second kappa shape index (κ2) is 7.65. The molecular formula is C18H21FN4O3. The van der Waals surface area contributed by atoms with E-state index in [1.807, 2.05) is 11.8 Å². The molecule has 1 fully saturated rings. The van der Waals surface area contributed by atoms with Gasteiger partial charge < -0.3 is 14.7 Å². The highest BCUT2D eigenvalue weighted by molar-refractivity contribution is 5.95. The molecule has 8 heteroatoms. The summed E-state index contributed by atoms with van der Waals surface area (Å²) in [5.41, 5.74) is 0.465. The minimum atomic E-state index is -0.367. The van der Waals surface area contributed by atoms with Gasteiger partial charge in [0.15, 0.2) is 5.82 Å². The first kappa shape index (κ1) is 18.1. The number of aryl methyl sites for hydroxylation is 1. The molecule has 1 aromatic carbocycles. The highest BCUT2D eigenvalue weighted by atomic mass is 19.1. The fraction of sp³-hybridized carbons (Fsp3) is 0.389. The van der Waals surface area contributed by atoms with Gasteiger partial charge in [-0.15, -0.1) is 0 Å². The number of halogens is 1. The molecule has 0 spiro atoms. The summed E-state index contributed by atoms with van der Waals surface area (Å²) < 4.78 is 17.9. The molecule has 1 unspecified atom stereocenters. The third-order valence-electron chi connectivity index (χ3n) is 4.50. The van der Waals surface area contributed by atoms with Crippen molar-refractivity contribution in [3.63, 3.8) is 0 Å². The first-order valence-corrected chi connectivity index (χ1v) is 8.47. The summed E-state index contributed by atoms with van der Waals surface area (Å²) in [5, 5.41) is 6.48. The lowest BCUT2D eigenvalue weighted by Gasteiger charge is -2.37. The van der Waals surface area contributed by atoms with Gasteiger partial charge in [-0.05, 0) is 38.1 Å². The van der Waals surface area contributed by atoms with E-state index in [2.05, 4.69) is 10.5 Å². The predicted molar refractivity (Wildman–Crippen MR) is 93.2 cm³/mol. The van der Waals surface area contributed by atoms with Crippen LogP contribution in [0.15, 0.2) is 34.9 Å². The summed E-state index contributed by atoms with van der Waals surface area (Å²) in [5.74, 6) is 0.357. The summed E-state index contributed by atoms with van der Waals surface area (Å²) in [6.07, 6.45) is 0. The number of piperazine rings is 1. The number of carbonyl (C=O) groups is 2. The summed E-state index contributed by atoms with van der Waals surface area (Å²) >= 11 is 0. The third kappa shape index (κ3) is 4.08. The second-order valence-electron chi connectivity index (χ2n) is 6.32. The molecular weight excluding hydrogens is 339 g/mol. The van der Waals surface area contributed by atoms with Crippen LogP contribution in [0.4, 0.5) is 10.2 Å². The standard InChI is InChI=1S/C18H21FN4O3/c1-12-11-16(21-26-12)20-17(24)13(2)22-7-9-23(10-8-22)18(25)14-3-5-15(19)6-4-14/h3-6,11,13H,7-10H2,1-2H3,(H,20,21,24). The molecule has 2 heterocycles. The number of nitrogens with zero attached hydrogens (tertiary/aromatic N) is 3. The average Bonchev–Trinajstić information content (AvgIpc) is 3.06. The number of amides is 2. The molecule has 1 aliphatic rings. The maximum atomic E-state index is 13.0. The van der Waals surface area contributed by atoms with Crippen molar-refractivity contribution in [2.75, 3.05) is 31.5 Å². The summed E-state index contributed by atoms with van der Waals surface area (Å²) in [6.45, 7) is 5.76. The van der Waals surface area contributed by atoms with Gasteiger partial charge >= 0.3 is 0 Å². The molecule has 1 N–H and O–H groups in total. The Hall–Kier alpha value is -2.74. The van der Waals surface area contributed by atoms with E-state index in [4.69, 9.17) is 4.52 Å². The molecule has 2 aromatic rings. The van der Waals surface area contributed by atoms with Gasteiger partial charge in [-0.1, -0.05) is 5.16 Å². The molecule has 1 saturated heterocycles. The number of rotatable bonds is 4. The first-order valence-electron chi connectivity index (χ1n) is 8.47. The molecule has 2 amide bonds. The van der Waals surface area contributed by atoms with Crippen molar-refractivity contribution >= 4 is 17.6 Å². The fourth-order valence-corrected chi connectivity index (χ4v) is 2.91. The highest BCUT2D eigenvalue weighted by Crippen LogP contribution is 2.13. The smallest absolute Gasteiger partial charge is 0.253 e. The van der Waals surface area contributed by atoms with Gasteiger partial charge in [0.2, 0.25) is 5.91 Å². The molecule has 0 radical (unpaired) electrons. The van der Waals surface area contributed by atoms with Crippen LogP contribution in [-0.2, 0) is 4.79 Å². The normalized spacial score (nSPS) is 16.3. The Kier molecular flexibility index (Phi) is 5.32. The van der Waals surface area contributed by atoms with Gasteiger partial charge in [-0.3, -0.25) is 14.5 Å². The van der Waals surface area contributed by atoms with E-state index in [9.17, 15) is 14.0 Å². The number of anilines is 1. The van der Waals surface area contributed by atoms with E-state index in [1.165, 1.54) is 24.3 Å². The van der Waals surface area contributed by atoms with E-state index in [0.29, 0.717) is 43.3 Å². The number of aromatic nitrogens is 1. The van der Waals surface area contributed by atoms with E-state index in [0.717, 1.165) is 0 Å². The minimum Gasteiger partial charge on any atom is -0.360 e. The Labute approximate surface area is 150 Å². The Morgan fingerprint density at radius 1 is 1.19 bits per heavy atom. The van der Waals surface area contributed by atoms with Crippen LogP contribution < -0.4 is 5.32 Å². The van der Waals surface area contributed by atoms with Crippen molar-refractivity contribution in [3.05, 3.63) is 47.5 Å².